The number of ether oxygens (including phenoxy) is 2. The molecule has 1 aliphatic heterocycles. The molecule has 2 heterocycles. The molecule has 3 aromatic rings. The van der Waals surface area contributed by atoms with Crippen LogP contribution in [0.25, 0.3) is 0 Å². The number of anilines is 1. The molecule has 1 saturated heterocycles. The summed E-state index contributed by atoms with van der Waals surface area (Å²) in [4.78, 5) is 22.1. The molecule has 1 atom stereocenters. The zero-order chi connectivity index (χ0) is 22.3. The van der Waals surface area contributed by atoms with Crippen LogP contribution in [-0.2, 0) is 0 Å². The molecule has 32 heavy (non-hydrogen) atoms. The summed E-state index contributed by atoms with van der Waals surface area (Å²) < 4.78 is 11.6. The van der Waals surface area contributed by atoms with E-state index >= 15 is 0 Å². The highest BCUT2D eigenvalue weighted by Crippen LogP contribution is 2.28. The Balaban J connectivity index is 1.48. The van der Waals surface area contributed by atoms with Crippen molar-refractivity contribution in [3.63, 3.8) is 0 Å². The maximum absolute atomic E-state index is 11.8. The van der Waals surface area contributed by atoms with Crippen molar-refractivity contribution in [2.24, 2.45) is 5.73 Å². The van der Waals surface area contributed by atoms with Gasteiger partial charge in [0, 0.05) is 25.3 Å². The first-order chi connectivity index (χ1) is 15.6. The predicted octanol–water partition coefficient (Wildman–Crippen LogP) is 3.52. The maximum atomic E-state index is 11.8. The van der Waals surface area contributed by atoms with Crippen molar-refractivity contribution in [2.75, 3.05) is 18.4 Å². The van der Waals surface area contributed by atoms with E-state index in [-0.39, 0.29) is 17.5 Å². The molecule has 9 nitrogen and oxygen atoms in total. The summed E-state index contributed by atoms with van der Waals surface area (Å²) in [6, 6.07) is 16.4. The molecular weight excluding hydrogens is 408 g/mol. The van der Waals surface area contributed by atoms with Gasteiger partial charge < -0.3 is 25.4 Å². The summed E-state index contributed by atoms with van der Waals surface area (Å²) in [6.45, 7) is 1.31. The van der Waals surface area contributed by atoms with Gasteiger partial charge in [0.05, 0.1) is 0 Å². The van der Waals surface area contributed by atoms with Gasteiger partial charge in [-0.25, -0.2) is 4.98 Å². The van der Waals surface area contributed by atoms with Crippen molar-refractivity contribution in [1.82, 2.24) is 14.9 Å². The van der Waals surface area contributed by atoms with Gasteiger partial charge in [-0.3, -0.25) is 4.79 Å². The number of piperidine rings is 1. The number of likely N-dealkylation sites (tertiary alicyclic amines) is 1. The first-order valence-electron chi connectivity index (χ1n) is 10.2. The van der Waals surface area contributed by atoms with Crippen LogP contribution >= 0.6 is 0 Å². The Labute approximate surface area is 185 Å². The fourth-order valence-electron chi connectivity index (χ4n) is 3.36. The summed E-state index contributed by atoms with van der Waals surface area (Å²) in [5.41, 5.74) is 5.54. The van der Waals surface area contributed by atoms with Crippen molar-refractivity contribution in [3.8, 4) is 29.3 Å². The van der Waals surface area contributed by atoms with Gasteiger partial charge in [-0.05, 0) is 49.2 Å². The summed E-state index contributed by atoms with van der Waals surface area (Å²) in [5, 5.41) is 12.3. The third kappa shape index (κ3) is 5.23. The average molecular weight is 430 g/mol. The van der Waals surface area contributed by atoms with E-state index in [1.807, 2.05) is 30.3 Å². The summed E-state index contributed by atoms with van der Waals surface area (Å²) in [7, 11) is 0. The Hall–Kier alpha value is -4.32. The SMILES string of the molecule is N#CN1CCCC(Nc2ncc(C(N)=O)c(Oc3ccc(Oc4ccccc4)cc3)n2)C1. The molecule has 9 heteroatoms. The molecule has 1 unspecified atom stereocenters. The molecule has 1 fully saturated rings. The number of carbonyl (C=O) groups excluding carboxylic acids is 1. The molecule has 0 spiro atoms. The second kappa shape index (κ2) is 9.66. The maximum Gasteiger partial charge on any atom is 0.255 e. The monoisotopic (exact) mass is 430 g/mol. The first kappa shape index (κ1) is 20.9. The third-order valence-corrected chi connectivity index (χ3v) is 4.93. The normalized spacial score (nSPS) is 15.5. The van der Waals surface area contributed by atoms with E-state index < -0.39 is 5.91 Å². The number of aromatic nitrogens is 2. The first-order valence-corrected chi connectivity index (χ1v) is 10.2. The predicted molar refractivity (Wildman–Crippen MR) is 117 cm³/mol. The smallest absolute Gasteiger partial charge is 0.255 e. The fraction of sp³-hybridized carbons (Fsp3) is 0.217. The van der Waals surface area contributed by atoms with E-state index in [4.69, 9.17) is 20.5 Å². The molecule has 3 N–H and O–H groups in total. The zero-order valence-corrected chi connectivity index (χ0v) is 17.3. The second-order valence-corrected chi connectivity index (χ2v) is 7.29. The topological polar surface area (TPSA) is 126 Å². The van der Waals surface area contributed by atoms with Crippen LogP contribution in [0.1, 0.15) is 23.2 Å². The van der Waals surface area contributed by atoms with Gasteiger partial charge in [0.15, 0.2) is 6.19 Å². The summed E-state index contributed by atoms with van der Waals surface area (Å²) in [6.07, 6.45) is 5.28. The number of rotatable bonds is 7. The molecule has 0 radical (unpaired) electrons. The van der Waals surface area contributed by atoms with Crippen LogP contribution in [0, 0.1) is 11.5 Å². The minimum Gasteiger partial charge on any atom is -0.457 e. The number of nitrogens with two attached hydrogens (primary N) is 1. The van der Waals surface area contributed by atoms with Gasteiger partial charge in [-0.2, -0.15) is 10.2 Å². The van der Waals surface area contributed by atoms with Gasteiger partial charge in [-0.15, -0.1) is 0 Å². The number of nitrogens with one attached hydrogen (secondary N) is 1. The number of para-hydroxylation sites is 1. The molecule has 1 aromatic heterocycles. The number of carbonyl (C=O) groups is 1. The van der Waals surface area contributed by atoms with Gasteiger partial charge in [0.25, 0.3) is 5.91 Å². The van der Waals surface area contributed by atoms with Crippen molar-refractivity contribution in [1.29, 1.82) is 5.26 Å². The number of hydrogen-bond acceptors (Lipinski definition) is 8. The average Bonchev–Trinajstić information content (AvgIpc) is 2.81. The molecule has 1 aliphatic rings. The summed E-state index contributed by atoms with van der Waals surface area (Å²) >= 11 is 0. The number of amides is 1. The lowest BCUT2D eigenvalue weighted by Crippen LogP contribution is -2.39. The highest BCUT2D eigenvalue weighted by Gasteiger charge is 2.21. The Morgan fingerprint density at radius 1 is 1.09 bits per heavy atom. The molecule has 4 rings (SSSR count). The zero-order valence-electron chi connectivity index (χ0n) is 17.3. The molecule has 0 bridgehead atoms. The second-order valence-electron chi connectivity index (χ2n) is 7.29. The van der Waals surface area contributed by atoms with Crippen LogP contribution < -0.4 is 20.5 Å². The Morgan fingerprint density at radius 3 is 2.47 bits per heavy atom. The lowest BCUT2D eigenvalue weighted by Gasteiger charge is -2.29. The molecule has 2 aromatic carbocycles. The van der Waals surface area contributed by atoms with E-state index in [2.05, 4.69) is 21.5 Å². The van der Waals surface area contributed by atoms with Crippen molar-refractivity contribution in [2.45, 2.75) is 18.9 Å². The number of nitriles is 1. The molecule has 162 valence electrons. The Morgan fingerprint density at radius 2 is 1.78 bits per heavy atom. The lowest BCUT2D eigenvalue weighted by molar-refractivity contribution is 0.0997. The van der Waals surface area contributed by atoms with Crippen molar-refractivity contribution in [3.05, 3.63) is 66.4 Å². The van der Waals surface area contributed by atoms with Crippen LogP contribution in [0.4, 0.5) is 5.95 Å². The molecule has 0 saturated carbocycles. The van der Waals surface area contributed by atoms with Crippen LogP contribution in [0.5, 0.6) is 23.1 Å². The third-order valence-electron chi connectivity index (χ3n) is 4.93. The quantitative estimate of drug-likeness (QED) is 0.545. The van der Waals surface area contributed by atoms with E-state index in [9.17, 15) is 4.79 Å². The van der Waals surface area contributed by atoms with Crippen LogP contribution in [0.2, 0.25) is 0 Å². The Bertz CT molecular complexity index is 1110. The minimum atomic E-state index is -0.691. The van der Waals surface area contributed by atoms with E-state index in [1.54, 1.807) is 29.2 Å². The standard InChI is InChI=1S/C23H22N6O3/c24-15-29-12-4-5-16(14-29)27-23-26-13-20(21(25)30)22(28-23)32-19-10-8-18(9-11-19)31-17-6-2-1-3-7-17/h1-3,6-11,13,16H,4-5,12,14H2,(H2,25,30)(H,26,27,28). The largest absolute Gasteiger partial charge is 0.457 e. The number of primary amides is 1. The van der Waals surface area contributed by atoms with Crippen molar-refractivity contribution >= 4 is 11.9 Å². The van der Waals surface area contributed by atoms with E-state index in [0.717, 1.165) is 25.1 Å². The number of hydrogen-bond donors (Lipinski definition) is 2. The van der Waals surface area contributed by atoms with Gasteiger partial charge in [-0.1, -0.05) is 18.2 Å². The number of nitrogens with zero attached hydrogens (tertiary/aromatic N) is 4. The van der Waals surface area contributed by atoms with E-state index in [1.165, 1.54) is 6.20 Å². The number of benzene rings is 2. The molecule has 1 amide bonds. The molecular formula is C23H22N6O3. The van der Waals surface area contributed by atoms with Crippen LogP contribution in [0.3, 0.4) is 0 Å². The summed E-state index contributed by atoms with van der Waals surface area (Å²) in [5.74, 6) is 1.50. The van der Waals surface area contributed by atoms with Crippen LogP contribution in [-0.4, -0.2) is 39.9 Å². The minimum absolute atomic E-state index is 0.0186. The van der Waals surface area contributed by atoms with Gasteiger partial charge >= 0.3 is 0 Å². The van der Waals surface area contributed by atoms with Crippen molar-refractivity contribution < 1.29 is 14.3 Å². The van der Waals surface area contributed by atoms with Gasteiger partial charge in [0.1, 0.15) is 22.8 Å². The van der Waals surface area contributed by atoms with E-state index in [0.29, 0.717) is 24.0 Å². The van der Waals surface area contributed by atoms with Crippen LogP contribution in [0.15, 0.2) is 60.8 Å². The highest BCUT2D eigenvalue weighted by atomic mass is 16.5. The highest BCUT2D eigenvalue weighted by molar-refractivity contribution is 5.94. The Kier molecular flexibility index (Phi) is 6.32. The van der Waals surface area contributed by atoms with Gasteiger partial charge in [0.2, 0.25) is 11.8 Å². The molecule has 0 aliphatic carbocycles. The lowest BCUT2D eigenvalue weighted by atomic mass is 10.1. The fourth-order valence-corrected chi connectivity index (χ4v) is 3.36.